The molecule has 0 aliphatic rings. The van der Waals surface area contributed by atoms with Crippen molar-refractivity contribution in [2.45, 2.75) is 19.4 Å². The molecule has 1 N–H and O–H groups in total. The standard InChI is InChI=1S/C15H13ClFIO/c1-9-2-4-12(17)6-11(9)8-15(19)10-3-5-14(18)13(16)7-10/h2-7,15,19H,8H2,1H3. The van der Waals surface area contributed by atoms with Crippen LogP contribution < -0.4 is 0 Å². The van der Waals surface area contributed by atoms with Gasteiger partial charge in [0, 0.05) is 9.99 Å². The minimum Gasteiger partial charge on any atom is -0.388 e. The minimum absolute atomic E-state index is 0.284. The maximum Gasteiger partial charge on any atom is 0.123 e. The second-order valence-electron chi connectivity index (χ2n) is 4.46. The molecule has 2 rings (SSSR count). The number of hydrogen-bond donors (Lipinski definition) is 1. The summed E-state index contributed by atoms with van der Waals surface area (Å²) in [7, 11) is 0. The van der Waals surface area contributed by atoms with Crippen LogP contribution in [0.4, 0.5) is 4.39 Å². The van der Waals surface area contributed by atoms with Gasteiger partial charge in [-0.15, -0.1) is 0 Å². The maximum atomic E-state index is 13.2. The highest BCUT2D eigenvalue weighted by Gasteiger charge is 2.12. The van der Waals surface area contributed by atoms with Crippen molar-refractivity contribution in [3.05, 3.63) is 67.5 Å². The molecule has 100 valence electrons. The quantitative estimate of drug-likeness (QED) is 0.755. The molecule has 0 radical (unpaired) electrons. The first-order valence-electron chi connectivity index (χ1n) is 5.85. The van der Waals surface area contributed by atoms with Crippen LogP contribution in [0.3, 0.4) is 0 Å². The van der Waals surface area contributed by atoms with Gasteiger partial charge in [0.25, 0.3) is 0 Å². The molecule has 0 saturated heterocycles. The minimum atomic E-state index is -0.685. The van der Waals surface area contributed by atoms with Gasteiger partial charge in [0.2, 0.25) is 0 Å². The number of aliphatic hydroxyl groups is 1. The molecule has 4 heteroatoms. The van der Waals surface area contributed by atoms with Crippen molar-refractivity contribution < 1.29 is 9.50 Å². The van der Waals surface area contributed by atoms with E-state index in [-0.39, 0.29) is 5.82 Å². The zero-order valence-corrected chi connectivity index (χ0v) is 13.2. The number of aryl methyl sites for hydroxylation is 1. The lowest BCUT2D eigenvalue weighted by Crippen LogP contribution is -2.04. The first-order valence-corrected chi connectivity index (χ1v) is 7.31. The van der Waals surface area contributed by atoms with Crippen molar-refractivity contribution in [2.75, 3.05) is 0 Å². The molecular formula is C15H13ClFIO. The van der Waals surface area contributed by atoms with Gasteiger partial charge >= 0.3 is 0 Å². The fraction of sp³-hybridized carbons (Fsp3) is 0.200. The highest BCUT2D eigenvalue weighted by Crippen LogP contribution is 2.26. The molecule has 0 aliphatic heterocycles. The fourth-order valence-corrected chi connectivity index (χ4v) is 2.43. The summed E-state index contributed by atoms with van der Waals surface area (Å²) in [4.78, 5) is 0. The molecular weight excluding hydrogens is 378 g/mol. The molecule has 1 atom stereocenters. The van der Waals surface area contributed by atoms with Crippen molar-refractivity contribution in [3.8, 4) is 0 Å². The van der Waals surface area contributed by atoms with Gasteiger partial charge in [-0.2, -0.15) is 0 Å². The van der Waals surface area contributed by atoms with Crippen LogP contribution in [0.5, 0.6) is 0 Å². The average molecular weight is 391 g/mol. The molecule has 0 fully saturated rings. The van der Waals surface area contributed by atoms with E-state index in [0.717, 1.165) is 20.3 Å². The second kappa shape index (κ2) is 6.20. The summed E-state index contributed by atoms with van der Waals surface area (Å²) >= 11 is 8.17. The molecule has 1 nitrogen and oxygen atoms in total. The Balaban J connectivity index is 2.22. The molecule has 19 heavy (non-hydrogen) atoms. The van der Waals surface area contributed by atoms with E-state index in [1.54, 1.807) is 12.1 Å². The number of benzene rings is 2. The lowest BCUT2D eigenvalue weighted by Gasteiger charge is -2.14. The van der Waals surface area contributed by atoms with Crippen LogP contribution in [-0.2, 0) is 6.42 Å². The van der Waals surface area contributed by atoms with E-state index in [1.807, 2.05) is 19.1 Å². The fourth-order valence-electron chi connectivity index (χ4n) is 1.91. The smallest absolute Gasteiger partial charge is 0.123 e. The summed E-state index contributed by atoms with van der Waals surface area (Å²) in [6.45, 7) is 1.91. The van der Waals surface area contributed by atoms with Crippen LogP contribution in [0, 0.1) is 16.3 Å². The third-order valence-electron chi connectivity index (χ3n) is 3.05. The predicted molar refractivity (Wildman–Crippen MR) is 84.0 cm³/mol. The summed E-state index contributed by atoms with van der Waals surface area (Å²) in [6, 6.07) is 10.1. The third-order valence-corrected chi connectivity index (χ3v) is 4.63. The SMILES string of the molecule is Cc1ccc(F)cc1CC(O)c1ccc(I)c(Cl)c1. The number of aliphatic hydroxyl groups excluding tert-OH is 1. The molecule has 0 amide bonds. The average Bonchev–Trinajstić information content (AvgIpc) is 2.37. The number of halogens is 3. The van der Waals surface area contributed by atoms with Gasteiger partial charge in [0.05, 0.1) is 11.1 Å². The van der Waals surface area contributed by atoms with Crippen LogP contribution >= 0.6 is 34.2 Å². The van der Waals surface area contributed by atoms with Gasteiger partial charge in [0.15, 0.2) is 0 Å². The number of rotatable bonds is 3. The van der Waals surface area contributed by atoms with Crippen LogP contribution in [0.1, 0.15) is 22.8 Å². The van der Waals surface area contributed by atoms with E-state index in [0.29, 0.717) is 11.4 Å². The Kier molecular flexibility index (Phi) is 4.81. The summed E-state index contributed by atoms with van der Waals surface area (Å²) in [5.74, 6) is -0.284. The Labute approximate surface area is 130 Å². The monoisotopic (exact) mass is 390 g/mol. The largest absolute Gasteiger partial charge is 0.388 e. The zero-order valence-electron chi connectivity index (χ0n) is 10.3. The summed E-state index contributed by atoms with van der Waals surface area (Å²) in [6.07, 6.45) is -0.310. The molecule has 2 aromatic carbocycles. The molecule has 0 aliphatic carbocycles. The normalized spacial score (nSPS) is 12.5. The Bertz CT molecular complexity index is 601. The van der Waals surface area contributed by atoms with Gasteiger partial charge in [-0.25, -0.2) is 4.39 Å². The van der Waals surface area contributed by atoms with Crippen LogP contribution in [-0.4, -0.2) is 5.11 Å². The van der Waals surface area contributed by atoms with E-state index in [2.05, 4.69) is 22.6 Å². The van der Waals surface area contributed by atoms with Gasteiger partial charge in [-0.3, -0.25) is 0 Å². The van der Waals surface area contributed by atoms with Crippen molar-refractivity contribution in [1.82, 2.24) is 0 Å². The molecule has 0 spiro atoms. The topological polar surface area (TPSA) is 20.2 Å². The van der Waals surface area contributed by atoms with Crippen molar-refractivity contribution in [1.29, 1.82) is 0 Å². The highest BCUT2D eigenvalue weighted by molar-refractivity contribution is 14.1. The Hall–Kier alpha value is -0.650. The van der Waals surface area contributed by atoms with Crippen molar-refractivity contribution in [2.24, 2.45) is 0 Å². The van der Waals surface area contributed by atoms with Gasteiger partial charge in [0.1, 0.15) is 5.82 Å². The summed E-state index contributed by atoms with van der Waals surface area (Å²) in [5, 5.41) is 10.8. The van der Waals surface area contributed by atoms with E-state index in [9.17, 15) is 9.50 Å². The summed E-state index contributed by atoms with van der Waals surface area (Å²) in [5.41, 5.74) is 2.52. The Morgan fingerprint density at radius 3 is 2.68 bits per heavy atom. The molecule has 0 aromatic heterocycles. The van der Waals surface area contributed by atoms with E-state index in [1.165, 1.54) is 12.1 Å². The van der Waals surface area contributed by atoms with E-state index < -0.39 is 6.10 Å². The predicted octanol–water partition coefficient (Wildman–Crippen LogP) is 4.67. The van der Waals surface area contributed by atoms with E-state index >= 15 is 0 Å². The van der Waals surface area contributed by atoms with Gasteiger partial charge in [-0.05, 0) is 70.5 Å². The van der Waals surface area contributed by atoms with Crippen LogP contribution in [0.25, 0.3) is 0 Å². The lowest BCUT2D eigenvalue weighted by molar-refractivity contribution is 0.178. The molecule has 1 unspecified atom stereocenters. The maximum absolute atomic E-state index is 13.2. The summed E-state index contributed by atoms with van der Waals surface area (Å²) < 4.78 is 14.2. The number of hydrogen-bond acceptors (Lipinski definition) is 1. The second-order valence-corrected chi connectivity index (χ2v) is 6.03. The highest BCUT2D eigenvalue weighted by atomic mass is 127. The van der Waals surface area contributed by atoms with Crippen LogP contribution in [0.2, 0.25) is 5.02 Å². The molecule has 2 aromatic rings. The van der Waals surface area contributed by atoms with Gasteiger partial charge < -0.3 is 5.11 Å². The first-order chi connectivity index (χ1) is 8.97. The van der Waals surface area contributed by atoms with Crippen molar-refractivity contribution in [3.63, 3.8) is 0 Å². The van der Waals surface area contributed by atoms with E-state index in [4.69, 9.17) is 11.6 Å². The first kappa shape index (κ1) is 14.8. The Morgan fingerprint density at radius 2 is 2.00 bits per heavy atom. The Morgan fingerprint density at radius 1 is 1.26 bits per heavy atom. The van der Waals surface area contributed by atoms with Crippen molar-refractivity contribution >= 4 is 34.2 Å². The lowest BCUT2D eigenvalue weighted by atomic mass is 9.98. The van der Waals surface area contributed by atoms with Gasteiger partial charge in [-0.1, -0.05) is 23.7 Å². The zero-order chi connectivity index (χ0) is 14.0. The third kappa shape index (κ3) is 3.68. The van der Waals surface area contributed by atoms with Crippen LogP contribution in [0.15, 0.2) is 36.4 Å². The molecule has 0 heterocycles. The molecule has 0 saturated carbocycles. The molecule has 0 bridgehead atoms.